The molecular weight excluding hydrogens is 219 g/mol. The molecule has 7 heteroatoms. The van der Waals surface area contributed by atoms with Gasteiger partial charge in [0.1, 0.15) is 0 Å². The molecule has 0 radical (unpaired) electrons. The third-order valence-corrected chi connectivity index (χ3v) is 2.63. The quantitative estimate of drug-likeness (QED) is 0.582. The summed E-state index contributed by atoms with van der Waals surface area (Å²) in [6.07, 6.45) is -2.31. The van der Waals surface area contributed by atoms with Crippen LogP contribution >= 0.6 is 0 Å². The van der Waals surface area contributed by atoms with Crippen molar-refractivity contribution in [2.75, 3.05) is 6.54 Å². The summed E-state index contributed by atoms with van der Waals surface area (Å²) in [6, 6.07) is 0. The van der Waals surface area contributed by atoms with Gasteiger partial charge in [0, 0.05) is 0 Å². The van der Waals surface area contributed by atoms with E-state index in [-0.39, 0.29) is 6.54 Å². The standard InChI is InChI=1S/C4H8N2O4Se/c1-2-6(4(9)10)11-5-3(7)8/h5H,2H2,1H3,(H,7,8)(H,9,10). The monoisotopic (exact) mass is 228 g/mol. The fraction of sp³-hybridized carbons (Fsp3) is 0.500. The molecule has 0 aromatic rings. The first kappa shape index (κ1) is 10.1. The summed E-state index contributed by atoms with van der Waals surface area (Å²) in [7, 11) is 0. The normalized spacial score (nSPS) is 8.82. The van der Waals surface area contributed by atoms with Gasteiger partial charge in [0.2, 0.25) is 0 Å². The van der Waals surface area contributed by atoms with Crippen LogP contribution in [0.3, 0.4) is 0 Å². The molecule has 0 atom stereocenters. The van der Waals surface area contributed by atoms with Crippen molar-refractivity contribution in [1.82, 2.24) is 8.25 Å². The van der Waals surface area contributed by atoms with Crippen molar-refractivity contribution in [1.29, 1.82) is 0 Å². The van der Waals surface area contributed by atoms with Crippen LogP contribution in [0, 0.1) is 0 Å². The molecule has 0 aliphatic rings. The molecule has 0 saturated heterocycles. The number of nitrogens with one attached hydrogen (secondary N) is 1. The van der Waals surface area contributed by atoms with Crippen LogP contribution in [0.4, 0.5) is 9.59 Å². The molecule has 0 fully saturated rings. The third kappa shape index (κ3) is 4.46. The Bertz CT molecular complexity index is 162. The maximum atomic E-state index is 10.3. The van der Waals surface area contributed by atoms with Gasteiger partial charge in [-0.1, -0.05) is 0 Å². The second-order valence-corrected chi connectivity index (χ2v) is 3.21. The van der Waals surface area contributed by atoms with E-state index in [0.29, 0.717) is 0 Å². The van der Waals surface area contributed by atoms with Gasteiger partial charge in [-0.25, -0.2) is 0 Å². The van der Waals surface area contributed by atoms with E-state index in [1.54, 1.807) is 6.92 Å². The first-order chi connectivity index (χ1) is 5.07. The van der Waals surface area contributed by atoms with Gasteiger partial charge in [0.15, 0.2) is 0 Å². The molecule has 0 aromatic carbocycles. The van der Waals surface area contributed by atoms with Crippen LogP contribution in [0.25, 0.3) is 0 Å². The molecule has 0 aliphatic heterocycles. The van der Waals surface area contributed by atoms with E-state index in [1.807, 2.05) is 4.33 Å². The van der Waals surface area contributed by atoms with Crippen LogP contribution < -0.4 is 4.33 Å². The fourth-order valence-electron chi connectivity index (χ4n) is 0.333. The topological polar surface area (TPSA) is 89.9 Å². The third-order valence-electron chi connectivity index (χ3n) is 0.744. The minimum absolute atomic E-state index is 0.287. The van der Waals surface area contributed by atoms with Gasteiger partial charge < -0.3 is 0 Å². The molecule has 11 heavy (non-hydrogen) atoms. The van der Waals surface area contributed by atoms with E-state index in [2.05, 4.69) is 0 Å². The summed E-state index contributed by atoms with van der Waals surface area (Å²) < 4.78 is 3.00. The average molecular weight is 227 g/mol. The molecule has 0 aliphatic carbocycles. The molecule has 0 rings (SSSR count). The van der Waals surface area contributed by atoms with Crippen LogP contribution in [0.5, 0.6) is 0 Å². The van der Waals surface area contributed by atoms with Gasteiger partial charge in [0.25, 0.3) is 0 Å². The Kier molecular flexibility index (Phi) is 4.40. The van der Waals surface area contributed by atoms with Crippen molar-refractivity contribution in [2.45, 2.75) is 6.92 Å². The summed E-state index contributed by atoms with van der Waals surface area (Å²) in [5.41, 5.74) is 0. The molecule has 3 N–H and O–H groups in total. The summed E-state index contributed by atoms with van der Waals surface area (Å²) >= 11 is -0.730. The molecule has 6 nitrogen and oxygen atoms in total. The number of hydrogen-bond donors (Lipinski definition) is 3. The van der Waals surface area contributed by atoms with Crippen molar-refractivity contribution >= 4 is 27.6 Å². The predicted octanol–water partition coefficient (Wildman–Crippen LogP) is -0.212. The summed E-state index contributed by atoms with van der Waals surface area (Å²) in [5, 5.41) is 16.5. The molecule has 0 saturated carbocycles. The van der Waals surface area contributed by atoms with E-state index in [0.717, 1.165) is 3.92 Å². The Balaban J connectivity index is 3.70. The summed E-state index contributed by atoms with van der Waals surface area (Å²) in [6.45, 7) is 1.93. The Morgan fingerprint density at radius 2 is 2.09 bits per heavy atom. The minimum atomic E-state index is -1.20. The van der Waals surface area contributed by atoms with Crippen molar-refractivity contribution in [3.63, 3.8) is 0 Å². The van der Waals surface area contributed by atoms with Crippen molar-refractivity contribution in [2.24, 2.45) is 0 Å². The van der Waals surface area contributed by atoms with E-state index in [9.17, 15) is 9.59 Å². The van der Waals surface area contributed by atoms with Gasteiger partial charge in [-0.3, -0.25) is 0 Å². The molecule has 0 unspecified atom stereocenters. The van der Waals surface area contributed by atoms with Crippen LogP contribution in [0.1, 0.15) is 6.92 Å². The molecular formula is C4H8N2O4Se. The molecule has 0 spiro atoms. The van der Waals surface area contributed by atoms with Gasteiger partial charge in [-0.2, -0.15) is 0 Å². The maximum absolute atomic E-state index is 10.3. The number of carboxylic acid groups (broad SMARTS) is 2. The van der Waals surface area contributed by atoms with E-state index >= 15 is 0 Å². The zero-order chi connectivity index (χ0) is 8.85. The Labute approximate surface area is 69.8 Å². The number of amides is 2. The second-order valence-electron chi connectivity index (χ2n) is 1.48. The van der Waals surface area contributed by atoms with Crippen LogP contribution in [-0.2, 0) is 0 Å². The molecule has 0 aromatic heterocycles. The van der Waals surface area contributed by atoms with Crippen molar-refractivity contribution in [3.05, 3.63) is 0 Å². The zero-order valence-electron chi connectivity index (χ0n) is 5.77. The second kappa shape index (κ2) is 4.81. The van der Waals surface area contributed by atoms with Crippen LogP contribution in [0.15, 0.2) is 0 Å². The van der Waals surface area contributed by atoms with E-state index in [4.69, 9.17) is 10.2 Å². The SMILES string of the molecule is CCN([Se]NC(=O)O)C(=O)O. The molecule has 2 amide bonds. The summed E-state index contributed by atoms with van der Waals surface area (Å²) in [5.74, 6) is 0. The van der Waals surface area contributed by atoms with Crippen LogP contribution in [0.2, 0.25) is 0 Å². The molecule has 64 valence electrons. The Morgan fingerprint density at radius 1 is 1.55 bits per heavy atom. The predicted molar refractivity (Wildman–Crippen MR) is 37.3 cm³/mol. The molecule has 0 bridgehead atoms. The summed E-state index contributed by atoms with van der Waals surface area (Å²) in [4.78, 5) is 20.2. The Hall–Kier alpha value is -0.941. The van der Waals surface area contributed by atoms with Gasteiger partial charge in [-0.15, -0.1) is 0 Å². The van der Waals surface area contributed by atoms with Gasteiger partial charge in [-0.05, 0) is 0 Å². The number of carbonyl (C=O) groups is 2. The van der Waals surface area contributed by atoms with Crippen molar-refractivity contribution < 1.29 is 19.8 Å². The number of hydrogen-bond acceptors (Lipinski definition) is 2. The van der Waals surface area contributed by atoms with Crippen LogP contribution in [-0.4, -0.2) is 48.3 Å². The zero-order valence-corrected chi connectivity index (χ0v) is 7.49. The fourth-order valence-corrected chi connectivity index (χ4v) is 1.16. The number of nitrogens with zero attached hydrogens (tertiary/aromatic N) is 1. The first-order valence-electron chi connectivity index (χ1n) is 2.74. The van der Waals surface area contributed by atoms with E-state index < -0.39 is 27.6 Å². The van der Waals surface area contributed by atoms with Crippen molar-refractivity contribution in [3.8, 4) is 0 Å². The average Bonchev–Trinajstić information content (AvgIpc) is 1.87. The van der Waals surface area contributed by atoms with Gasteiger partial charge >= 0.3 is 69.1 Å². The van der Waals surface area contributed by atoms with Gasteiger partial charge in [0.05, 0.1) is 0 Å². The van der Waals surface area contributed by atoms with E-state index in [1.165, 1.54) is 0 Å². The Morgan fingerprint density at radius 3 is 2.36 bits per heavy atom. The number of rotatable bonds is 3. The molecule has 0 heterocycles. The first-order valence-corrected chi connectivity index (χ1v) is 4.36.